The van der Waals surface area contributed by atoms with E-state index in [0.717, 1.165) is 18.6 Å². The Morgan fingerprint density at radius 2 is 2.40 bits per heavy atom. The minimum absolute atomic E-state index is 0.169. The number of aliphatic carboxylic acids is 1. The molecule has 2 unspecified atom stereocenters. The van der Waals surface area contributed by atoms with Crippen molar-refractivity contribution in [2.45, 2.75) is 23.3 Å². The third-order valence-electron chi connectivity index (χ3n) is 1.59. The first-order chi connectivity index (χ1) is 4.74. The molecule has 0 radical (unpaired) electrons. The largest absolute Gasteiger partial charge is 0.480 e. The molecule has 4 heteroatoms. The first-order valence-electron chi connectivity index (χ1n) is 3.23. The van der Waals surface area contributed by atoms with Crippen LogP contribution in [0.2, 0.25) is 0 Å². The van der Waals surface area contributed by atoms with E-state index in [1.165, 1.54) is 0 Å². The highest BCUT2D eigenvalue weighted by atomic mass is 32.2. The van der Waals surface area contributed by atoms with Crippen LogP contribution in [0, 0.1) is 0 Å². The third-order valence-corrected chi connectivity index (χ3v) is 3.83. The van der Waals surface area contributed by atoms with Crippen LogP contribution in [-0.2, 0) is 4.79 Å². The zero-order chi connectivity index (χ0) is 7.56. The van der Waals surface area contributed by atoms with Crippen LogP contribution < -0.4 is 0 Å². The van der Waals surface area contributed by atoms with Crippen LogP contribution in [0.5, 0.6) is 0 Å². The van der Waals surface area contributed by atoms with Gasteiger partial charge in [-0.15, -0.1) is 11.8 Å². The maximum atomic E-state index is 10.4. The van der Waals surface area contributed by atoms with Gasteiger partial charge in [0.05, 0.1) is 0 Å². The van der Waals surface area contributed by atoms with Crippen LogP contribution in [0.25, 0.3) is 0 Å². The second-order valence-corrected chi connectivity index (χ2v) is 4.22. The highest BCUT2D eigenvalue weighted by molar-refractivity contribution is 8.02. The molecule has 1 heterocycles. The molecular formula is C6H10O2S2. The van der Waals surface area contributed by atoms with E-state index in [4.69, 9.17) is 5.11 Å². The number of carbonyl (C=O) groups is 1. The van der Waals surface area contributed by atoms with Crippen LogP contribution in [-0.4, -0.2) is 27.3 Å². The predicted octanol–water partition coefficient (Wildman–Crippen LogP) is 1.26. The number of carboxylic acid groups (broad SMARTS) is 1. The maximum Gasteiger partial charge on any atom is 0.316 e. The van der Waals surface area contributed by atoms with Crippen LogP contribution in [0.4, 0.5) is 0 Å². The lowest BCUT2D eigenvalue weighted by molar-refractivity contribution is -0.136. The Hall–Kier alpha value is 0.170. The van der Waals surface area contributed by atoms with E-state index >= 15 is 0 Å². The summed E-state index contributed by atoms with van der Waals surface area (Å²) in [5.41, 5.74) is 0. The number of rotatable bonds is 2. The first kappa shape index (κ1) is 8.27. The zero-order valence-electron chi connectivity index (χ0n) is 5.49. The van der Waals surface area contributed by atoms with Crippen molar-refractivity contribution in [3.63, 3.8) is 0 Å². The highest BCUT2D eigenvalue weighted by Gasteiger charge is 2.29. The summed E-state index contributed by atoms with van der Waals surface area (Å²) < 4.78 is 0. The lowest BCUT2D eigenvalue weighted by Crippen LogP contribution is -2.12. The van der Waals surface area contributed by atoms with Crippen molar-refractivity contribution in [1.29, 1.82) is 0 Å². The van der Waals surface area contributed by atoms with E-state index in [9.17, 15) is 4.79 Å². The van der Waals surface area contributed by atoms with Gasteiger partial charge in [-0.3, -0.25) is 4.79 Å². The summed E-state index contributed by atoms with van der Waals surface area (Å²) in [5, 5.41) is 8.87. The number of carboxylic acids is 1. The van der Waals surface area contributed by atoms with Crippen molar-refractivity contribution in [3.8, 4) is 0 Å². The van der Waals surface area contributed by atoms with Gasteiger partial charge < -0.3 is 5.11 Å². The van der Waals surface area contributed by atoms with Crippen LogP contribution >= 0.6 is 24.4 Å². The van der Waals surface area contributed by atoms with E-state index in [1.807, 2.05) is 0 Å². The molecule has 1 fully saturated rings. The first-order valence-corrected chi connectivity index (χ1v) is 4.80. The van der Waals surface area contributed by atoms with Gasteiger partial charge in [0, 0.05) is 11.0 Å². The number of thiol groups is 1. The van der Waals surface area contributed by atoms with E-state index in [-0.39, 0.29) is 5.25 Å². The molecule has 0 spiro atoms. The van der Waals surface area contributed by atoms with Crippen molar-refractivity contribution in [3.05, 3.63) is 0 Å². The molecule has 0 aromatic heterocycles. The Morgan fingerprint density at radius 3 is 2.70 bits per heavy atom. The minimum atomic E-state index is -0.672. The lowest BCUT2D eigenvalue weighted by Gasteiger charge is -2.03. The maximum absolute atomic E-state index is 10.4. The van der Waals surface area contributed by atoms with Crippen molar-refractivity contribution >= 4 is 30.4 Å². The molecule has 58 valence electrons. The predicted molar refractivity (Wildman–Crippen MR) is 45.9 cm³/mol. The zero-order valence-corrected chi connectivity index (χ0v) is 7.20. The summed E-state index contributed by atoms with van der Waals surface area (Å²) in [6.07, 6.45) is 1.82. The van der Waals surface area contributed by atoms with Gasteiger partial charge in [-0.2, -0.15) is 12.6 Å². The fourth-order valence-electron chi connectivity index (χ4n) is 1.02. The molecular weight excluding hydrogens is 168 g/mol. The molecule has 10 heavy (non-hydrogen) atoms. The molecule has 2 nitrogen and oxygen atoms in total. The summed E-state index contributed by atoms with van der Waals surface area (Å²) in [4.78, 5) is 10.4. The summed E-state index contributed by atoms with van der Waals surface area (Å²) >= 11 is 5.65. The van der Waals surface area contributed by atoms with Gasteiger partial charge >= 0.3 is 5.97 Å². The fraction of sp³-hybridized carbons (Fsp3) is 0.833. The molecule has 0 amide bonds. The molecule has 1 aliphatic rings. The van der Waals surface area contributed by atoms with Gasteiger partial charge in [-0.05, 0) is 12.8 Å². The second-order valence-electron chi connectivity index (χ2n) is 2.34. The molecule has 0 aromatic carbocycles. The molecule has 0 aromatic rings. The average Bonchev–Trinajstić information content (AvgIpc) is 2.34. The van der Waals surface area contributed by atoms with Gasteiger partial charge in [0.25, 0.3) is 0 Å². The Bertz CT molecular complexity index is 138. The van der Waals surface area contributed by atoms with Crippen LogP contribution in [0.3, 0.4) is 0 Å². The molecule has 1 saturated heterocycles. The topological polar surface area (TPSA) is 37.3 Å². The summed E-state index contributed by atoms with van der Waals surface area (Å²) in [6.45, 7) is 0. The Labute approximate surface area is 69.8 Å². The minimum Gasteiger partial charge on any atom is -0.480 e. The van der Waals surface area contributed by atoms with E-state index in [1.54, 1.807) is 11.8 Å². The van der Waals surface area contributed by atoms with Gasteiger partial charge in [0.2, 0.25) is 0 Å². The van der Waals surface area contributed by atoms with Gasteiger partial charge in [-0.25, -0.2) is 0 Å². The SMILES string of the molecule is O=C(O)C1CCC(CS)S1. The molecule has 0 aliphatic carbocycles. The fourth-order valence-corrected chi connectivity index (χ4v) is 2.67. The molecule has 0 saturated carbocycles. The van der Waals surface area contributed by atoms with Crippen LogP contribution in [0.1, 0.15) is 12.8 Å². The Kier molecular flexibility index (Phi) is 2.92. The highest BCUT2D eigenvalue weighted by Crippen LogP contribution is 2.34. The van der Waals surface area contributed by atoms with E-state index in [2.05, 4.69) is 12.6 Å². The van der Waals surface area contributed by atoms with Gasteiger partial charge in [0.1, 0.15) is 5.25 Å². The molecule has 1 N–H and O–H groups in total. The van der Waals surface area contributed by atoms with Crippen LogP contribution in [0.15, 0.2) is 0 Å². The molecule has 1 aliphatic heterocycles. The molecule has 1 rings (SSSR count). The lowest BCUT2D eigenvalue weighted by atomic mass is 10.2. The molecule has 2 atom stereocenters. The van der Waals surface area contributed by atoms with Crippen molar-refractivity contribution < 1.29 is 9.90 Å². The van der Waals surface area contributed by atoms with E-state index < -0.39 is 5.97 Å². The standard InChI is InChI=1S/C6H10O2S2/c7-6(8)5-2-1-4(3-9)10-5/h4-5,9H,1-3H2,(H,7,8). The molecule has 0 bridgehead atoms. The normalized spacial score (nSPS) is 32.5. The third kappa shape index (κ3) is 1.83. The van der Waals surface area contributed by atoms with Crippen molar-refractivity contribution in [1.82, 2.24) is 0 Å². The number of thioether (sulfide) groups is 1. The quantitative estimate of drug-likeness (QED) is 0.625. The smallest absolute Gasteiger partial charge is 0.316 e. The summed E-state index contributed by atoms with van der Waals surface area (Å²) in [5.74, 6) is 0.128. The van der Waals surface area contributed by atoms with E-state index in [0.29, 0.717) is 5.25 Å². The number of hydrogen-bond donors (Lipinski definition) is 2. The number of hydrogen-bond acceptors (Lipinski definition) is 3. The summed E-state index contributed by atoms with van der Waals surface area (Å²) in [6, 6.07) is 0. The van der Waals surface area contributed by atoms with Crippen molar-refractivity contribution in [2.24, 2.45) is 0 Å². The average molecular weight is 178 g/mol. The Balaban J connectivity index is 2.35. The van der Waals surface area contributed by atoms with Crippen molar-refractivity contribution in [2.75, 3.05) is 5.75 Å². The second kappa shape index (κ2) is 3.53. The monoisotopic (exact) mass is 178 g/mol. The summed E-state index contributed by atoms with van der Waals surface area (Å²) in [7, 11) is 0. The van der Waals surface area contributed by atoms with Gasteiger partial charge in [-0.1, -0.05) is 0 Å². The Morgan fingerprint density at radius 1 is 1.70 bits per heavy atom. The van der Waals surface area contributed by atoms with Gasteiger partial charge in [0.15, 0.2) is 0 Å².